The largest absolute Gasteiger partial charge is 0.381 e. The lowest BCUT2D eigenvalue weighted by molar-refractivity contribution is 0.0492. The standard InChI is InChI=1S/C9H20N2O/c1-11-6-9(10)5-8-3-2-4-12-7-8/h8-9,11H,2-7,10H2,1H3/t8-,9?/m1/s1. The summed E-state index contributed by atoms with van der Waals surface area (Å²) in [5, 5.41) is 3.09. The van der Waals surface area contributed by atoms with Crippen LogP contribution in [0.4, 0.5) is 0 Å². The highest BCUT2D eigenvalue weighted by Crippen LogP contribution is 2.17. The third kappa shape index (κ3) is 3.52. The van der Waals surface area contributed by atoms with Crippen molar-refractivity contribution in [3.8, 4) is 0 Å². The fourth-order valence-electron chi connectivity index (χ4n) is 1.77. The van der Waals surface area contributed by atoms with E-state index in [4.69, 9.17) is 10.5 Å². The molecule has 0 aliphatic carbocycles. The minimum Gasteiger partial charge on any atom is -0.381 e. The first-order valence-electron chi connectivity index (χ1n) is 4.81. The first-order valence-corrected chi connectivity index (χ1v) is 4.81. The summed E-state index contributed by atoms with van der Waals surface area (Å²) in [6.45, 7) is 2.77. The average Bonchev–Trinajstić information content (AvgIpc) is 2.06. The molecule has 0 aromatic carbocycles. The van der Waals surface area contributed by atoms with E-state index in [2.05, 4.69) is 5.32 Å². The first-order chi connectivity index (χ1) is 5.83. The zero-order chi connectivity index (χ0) is 8.81. The van der Waals surface area contributed by atoms with Crippen LogP contribution in [0, 0.1) is 5.92 Å². The molecule has 0 aromatic rings. The molecule has 12 heavy (non-hydrogen) atoms. The number of rotatable bonds is 4. The van der Waals surface area contributed by atoms with Crippen molar-refractivity contribution in [1.29, 1.82) is 0 Å². The molecule has 3 N–H and O–H groups in total. The predicted octanol–water partition coefficient (Wildman–Crippen LogP) is 0.350. The Morgan fingerprint density at radius 1 is 1.67 bits per heavy atom. The highest BCUT2D eigenvalue weighted by Gasteiger charge is 2.16. The van der Waals surface area contributed by atoms with Crippen LogP contribution in [0.3, 0.4) is 0 Å². The molecule has 0 saturated carbocycles. The molecule has 1 unspecified atom stereocenters. The summed E-state index contributed by atoms with van der Waals surface area (Å²) in [7, 11) is 1.94. The summed E-state index contributed by atoms with van der Waals surface area (Å²) in [4.78, 5) is 0. The molecule has 0 spiro atoms. The van der Waals surface area contributed by atoms with Gasteiger partial charge in [-0.1, -0.05) is 0 Å². The van der Waals surface area contributed by atoms with Gasteiger partial charge in [-0.2, -0.15) is 0 Å². The topological polar surface area (TPSA) is 47.3 Å². The quantitative estimate of drug-likeness (QED) is 0.643. The number of ether oxygens (including phenoxy) is 1. The van der Waals surface area contributed by atoms with E-state index in [0.717, 1.165) is 26.2 Å². The minimum absolute atomic E-state index is 0.293. The molecule has 1 fully saturated rings. The zero-order valence-corrected chi connectivity index (χ0v) is 7.88. The van der Waals surface area contributed by atoms with Gasteiger partial charge in [-0.15, -0.1) is 0 Å². The molecule has 72 valence electrons. The second-order valence-electron chi connectivity index (χ2n) is 3.64. The van der Waals surface area contributed by atoms with Crippen molar-refractivity contribution >= 4 is 0 Å². The summed E-state index contributed by atoms with van der Waals surface area (Å²) in [6.07, 6.45) is 3.59. The van der Waals surface area contributed by atoms with Gasteiger partial charge in [-0.25, -0.2) is 0 Å². The van der Waals surface area contributed by atoms with Crippen LogP contribution >= 0.6 is 0 Å². The van der Waals surface area contributed by atoms with Gasteiger partial charge in [0, 0.05) is 25.8 Å². The molecule has 3 nitrogen and oxygen atoms in total. The Morgan fingerprint density at radius 2 is 2.50 bits per heavy atom. The van der Waals surface area contributed by atoms with Gasteiger partial charge in [0.1, 0.15) is 0 Å². The first kappa shape index (κ1) is 9.96. The molecule has 2 atom stereocenters. The van der Waals surface area contributed by atoms with Crippen molar-refractivity contribution in [3.63, 3.8) is 0 Å². The molecule has 0 amide bonds. The summed E-state index contributed by atoms with van der Waals surface area (Å²) < 4.78 is 5.39. The van der Waals surface area contributed by atoms with E-state index in [1.807, 2.05) is 7.05 Å². The van der Waals surface area contributed by atoms with Gasteiger partial charge in [-0.3, -0.25) is 0 Å². The van der Waals surface area contributed by atoms with E-state index in [1.165, 1.54) is 12.8 Å². The normalized spacial score (nSPS) is 27.0. The molecule has 1 rings (SSSR count). The van der Waals surface area contributed by atoms with Crippen LogP contribution in [0.15, 0.2) is 0 Å². The van der Waals surface area contributed by atoms with Crippen LogP contribution in [0.1, 0.15) is 19.3 Å². The molecular weight excluding hydrogens is 152 g/mol. The monoisotopic (exact) mass is 172 g/mol. The smallest absolute Gasteiger partial charge is 0.0494 e. The van der Waals surface area contributed by atoms with Crippen molar-refractivity contribution < 1.29 is 4.74 Å². The molecular formula is C9H20N2O. The number of hydrogen-bond donors (Lipinski definition) is 2. The van der Waals surface area contributed by atoms with Crippen LogP contribution in [-0.2, 0) is 4.74 Å². The summed E-state index contributed by atoms with van der Waals surface area (Å²) >= 11 is 0. The van der Waals surface area contributed by atoms with Gasteiger partial charge in [0.2, 0.25) is 0 Å². The Hall–Kier alpha value is -0.120. The molecule has 0 bridgehead atoms. The van der Waals surface area contributed by atoms with Crippen LogP contribution in [0.25, 0.3) is 0 Å². The predicted molar refractivity (Wildman–Crippen MR) is 50.1 cm³/mol. The second kappa shape index (κ2) is 5.51. The van der Waals surface area contributed by atoms with Crippen LogP contribution in [0.5, 0.6) is 0 Å². The molecule has 1 heterocycles. The van der Waals surface area contributed by atoms with E-state index < -0.39 is 0 Å². The van der Waals surface area contributed by atoms with Crippen molar-refractivity contribution in [3.05, 3.63) is 0 Å². The number of likely N-dealkylation sites (N-methyl/N-ethyl adjacent to an activating group) is 1. The van der Waals surface area contributed by atoms with Crippen LogP contribution in [0.2, 0.25) is 0 Å². The van der Waals surface area contributed by atoms with Gasteiger partial charge < -0.3 is 15.8 Å². The van der Waals surface area contributed by atoms with E-state index >= 15 is 0 Å². The fourth-order valence-corrected chi connectivity index (χ4v) is 1.77. The van der Waals surface area contributed by atoms with Gasteiger partial charge in [0.05, 0.1) is 0 Å². The van der Waals surface area contributed by atoms with E-state index in [-0.39, 0.29) is 0 Å². The van der Waals surface area contributed by atoms with E-state index in [1.54, 1.807) is 0 Å². The third-order valence-corrected chi connectivity index (χ3v) is 2.36. The Morgan fingerprint density at radius 3 is 3.08 bits per heavy atom. The summed E-state index contributed by atoms with van der Waals surface area (Å²) in [6, 6.07) is 0.293. The van der Waals surface area contributed by atoms with Crippen LogP contribution in [-0.4, -0.2) is 32.8 Å². The SMILES string of the molecule is CNCC(N)C[C@H]1CCCOC1. The van der Waals surface area contributed by atoms with Crippen molar-refractivity contribution in [2.24, 2.45) is 11.7 Å². The molecule has 1 saturated heterocycles. The second-order valence-corrected chi connectivity index (χ2v) is 3.64. The maximum absolute atomic E-state index is 5.90. The maximum atomic E-state index is 5.90. The number of nitrogens with two attached hydrogens (primary N) is 1. The average molecular weight is 172 g/mol. The maximum Gasteiger partial charge on any atom is 0.0494 e. The lowest BCUT2D eigenvalue weighted by Gasteiger charge is -2.24. The molecule has 1 aliphatic rings. The summed E-state index contributed by atoms with van der Waals surface area (Å²) in [5.41, 5.74) is 5.90. The lowest BCUT2D eigenvalue weighted by atomic mass is 9.95. The summed E-state index contributed by atoms with van der Waals surface area (Å²) in [5.74, 6) is 0.696. The zero-order valence-electron chi connectivity index (χ0n) is 7.88. The van der Waals surface area contributed by atoms with Crippen molar-refractivity contribution in [1.82, 2.24) is 5.32 Å². The lowest BCUT2D eigenvalue weighted by Crippen LogP contribution is -2.35. The van der Waals surface area contributed by atoms with E-state index in [9.17, 15) is 0 Å². The number of nitrogens with one attached hydrogen (secondary N) is 1. The Balaban J connectivity index is 2.11. The molecule has 0 aromatic heterocycles. The highest BCUT2D eigenvalue weighted by atomic mass is 16.5. The van der Waals surface area contributed by atoms with Gasteiger partial charge in [0.15, 0.2) is 0 Å². The number of hydrogen-bond acceptors (Lipinski definition) is 3. The van der Waals surface area contributed by atoms with Crippen molar-refractivity contribution in [2.75, 3.05) is 26.8 Å². The fraction of sp³-hybridized carbons (Fsp3) is 1.00. The van der Waals surface area contributed by atoms with Gasteiger partial charge in [0.25, 0.3) is 0 Å². The van der Waals surface area contributed by atoms with E-state index in [0.29, 0.717) is 12.0 Å². The van der Waals surface area contributed by atoms with Crippen LogP contribution < -0.4 is 11.1 Å². The molecule has 1 aliphatic heterocycles. The van der Waals surface area contributed by atoms with Gasteiger partial charge in [-0.05, 0) is 32.2 Å². The highest BCUT2D eigenvalue weighted by molar-refractivity contribution is 4.71. The Bertz CT molecular complexity index is 113. The molecule has 3 heteroatoms. The Labute approximate surface area is 74.7 Å². The van der Waals surface area contributed by atoms with Gasteiger partial charge >= 0.3 is 0 Å². The third-order valence-electron chi connectivity index (χ3n) is 2.36. The minimum atomic E-state index is 0.293. The van der Waals surface area contributed by atoms with Crippen molar-refractivity contribution in [2.45, 2.75) is 25.3 Å². The Kier molecular flexibility index (Phi) is 4.58. The molecule has 0 radical (unpaired) electrons.